The third-order valence-electron chi connectivity index (χ3n) is 3.22. The fourth-order valence-electron chi connectivity index (χ4n) is 2.11. The Balaban J connectivity index is 2.07. The molecule has 1 aromatic carbocycles. The summed E-state index contributed by atoms with van der Waals surface area (Å²) in [6, 6.07) is 8.58. The van der Waals surface area contributed by atoms with Crippen LogP contribution in [0.5, 0.6) is 0 Å². The van der Waals surface area contributed by atoms with E-state index in [4.69, 9.17) is 0 Å². The number of benzene rings is 1. The lowest BCUT2D eigenvalue weighted by molar-refractivity contribution is -0.137. The predicted molar refractivity (Wildman–Crippen MR) is 72.8 cm³/mol. The van der Waals surface area contributed by atoms with Crippen LogP contribution in [0.25, 0.3) is 16.9 Å². The summed E-state index contributed by atoms with van der Waals surface area (Å²) in [4.78, 5) is 4.34. The second kappa shape index (κ2) is 4.87. The van der Waals surface area contributed by atoms with Crippen LogP contribution < -0.4 is 0 Å². The highest BCUT2D eigenvalue weighted by molar-refractivity contribution is 5.61. The summed E-state index contributed by atoms with van der Waals surface area (Å²) >= 11 is 0. The van der Waals surface area contributed by atoms with E-state index in [1.165, 1.54) is 6.07 Å². The van der Waals surface area contributed by atoms with Crippen molar-refractivity contribution in [2.45, 2.75) is 19.5 Å². The van der Waals surface area contributed by atoms with Gasteiger partial charge in [-0.25, -0.2) is 9.50 Å². The molecule has 0 unspecified atom stereocenters. The SMILES string of the molecule is CCc1cn2nc(-c3cccc(C(F)(F)F)c3)ccc2n1. The maximum atomic E-state index is 12.8. The average Bonchev–Trinajstić information content (AvgIpc) is 2.88. The highest BCUT2D eigenvalue weighted by atomic mass is 19.4. The summed E-state index contributed by atoms with van der Waals surface area (Å²) in [6.45, 7) is 1.98. The molecule has 0 saturated carbocycles. The van der Waals surface area contributed by atoms with Crippen molar-refractivity contribution in [3.05, 3.63) is 53.9 Å². The van der Waals surface area contributed by atoms with Gasteiger partial charge in [-0.3, -0.25) is 0 Å². The van der Waals surface area contributed by atoms with Crippen LogP contribution in [0.1, 0.15) is 18.2 Å². The van der Waals surface area contributed by atoms with Gasteiger partial charge >= 0.3 is 6.18 Å². The maximum Gasteiger partial charge on any atom is 0.416 e. The molecule has 3 aromatic rings. The fourth-order valence-corrected chi connectivity index (χ4v) is 2.11. The molecule has 0 aliphatic rings. The molecule has 2 aromatic heterocycles. The van der Waals surface area contributed by atoms with E-state index in [2.05, 4.69) is 10.1 Å². The molecule has 0 N–H and O–H groups in total. The molecule has 6 heteroatoms. The molecule has 3 rings (SSSR count). The summed E-state index contributed by atoms with van der Waals surface area (Å²) in [5.74, 6) is 0. The van der Waals surface area contributed by atoms with Crippen LogP contribution in [0, 0.1) is 0 Å². The number of fused-ring (bicyclic) bond motifs is 1. The van der Waals surface area contributed by atoms with Gasteiger partial charge in [-0.1, -0.05) is 19.1 Å². The van der Waals surface area contributed by atoms with E-state index >= 15 is 0 Å². The first-order chi connectivity index (χ1) is 9.97. The number of nitrogens with zero attached hydrogens (tertiary/aromatic N) is 3. The lowest BCUT2D eigenvalue weighted by Gasteiger charge is -2.08. The van der Waals surface area contributed by atoms with Crippen LogP contribution in [-0.2, 0) is 12.6 Å². The third-order valence-corrected chi connectivity index (χ3v) is 3.22. The number of aryl methyl sites for hydroxylation is 1. The summed E-state index contributed by atoms with van der Waals surface area (Å²) in [7, 11) is 0. The number of aromatic nitrogens is 3. The van der Waals surface area contributed by atoms with E-state index in [1.807, 2.05) is 6.92 Å². The van der Waals surface area contributed by atoms with E-state index in [0.717, 1.165) is 24.2 Å². The maximum absolute atomic E-state index is 12.8. The monoisotopic (exact) mass is 291 g/mol. The lowest BCUT2D eigenvalue weighted by Crippen LogP contribution is -2.04. The Hall–Kier alpha value is -2.37. The van der Waals surface area contributed by atoms with Gasteiger partial charge in [0, 0.05) is 5.56 Å². The highest BCUT2D eigenvalue weighted by Crippen LogP contribution is 2.31. The van der Waals surface area contributed by atoms with Crippen LogP contribution in [-0.4, -0.2) is 14.6 Å². The van der Waals surface area contributed by atoms with E-state index in [0.29, 0.717) is 16.9 Å². The largest absolute Gasteiger partial charge is 0.416 e. The number of hydrogen-bond acceptors (Lipinski definition) is 2. The van der Waals surface area contributed by atoms with Gasteiger partial charge in [0.1, 0.15) is 0 Å². The van der Waals surface area contributed by atoms with Gasteiger partial charge in [-0.2, -0.15) is 18.3 Å². The Labute approximate surface area is 119 Å². The minimum Gasteiger partial charge on any atom is -0.232 e. The number of halogens is 3. The van der Waals surface area contributed by atoms with Crippen LogP contribution in [0.3, 0.4) is 0 Å². The minimum absolute atomic E-state index is 0.429. The van der Waals surface area contributed by atoms with Gasteiger partial charge < -0.3 is 0 Å². The molecular formula is C15H12F3N3. The normalized spacial score (nSPS) is 12.0. The smallest absolute Gasteiger partial charge is 0.232 e. The van der Waals surface area contributed by atoms with Crippen LogP contribution in [0.4, 0.5) is 13.2 Å². The Bertz CT molecular complexity index is 790. The van der Waals surface area contributed by atoms with Gasteiger partial charge in [-0.15, -0.1) is 0 Å². The standard InChI is InChI=1S/C15H12F3N3/c1-2-12-9-21-14(19-12)7-6-13(20-21)10-4-3-5-11(8-10)15(16,17)18/h3-9H,2H2,1H3. The molecule has 2 heterocycles. The summed E-state index contributed by atoms with van der Waals surface area (Å²) in [5, 5.41) is 4.32. The molecule has 0 atom stereocenters. The van der Waals surface area contributed by atoms with Crippen LogP contribution >= 0.6 is 0 Å². The average molecular weight is 291 g/mol. The second-order valence-corrected chi connectivity index (χ2v) is 4.69. The highest BCUT2D eigenvalue weighted by Gasteiger charge is 2.30. The molecule has 0 aliphatic heterocycles. The van der Waals surface area contributed by atoms with Gasteiger partial charge in [0.05, 0.1) is 23.1 Å². The van der Waals surface area contributed by atoms with E-state index in [-0.39, 0.29) is 0 Å². The lowest BCUT2D eigenvalue weighted by atomic mass is 10.1. The number of imidazole rings is 1. The van der Waals surface area contributed by atoms with Gasteiger partial charge in [0.25, 0.3) is 0 Å². The molecule has 0 aliphatic carbocycles. The summed E-state index contributed by atoms with van der Waals surface area (Å²) in [5.41, 5.74) is 1.81. The molecule has 108 valence electrons. The molecule has 0 spiro atoms. The Morgan fingerprint density at radius 2 is 1.95 bits per heavy atom. The van der Waals surface area contributed by atoms with E-state index in [9.17, 15) is 13.2 Å². The zero-order valence-electron chi connectivity index (χ0n) is 11.2. The van der Waals surface area contributed by atoms with Crippen LogP contribution in [0.15, 0.2) is 42.6 Å². The predicted octanol–water partition coefficient (Wildman–Crippen LogP) is 3.98. The number of alkyl halides is 3. The summed E-state index contributed by atoms with van der Waals surface area (Å²) < 4.78 is 39.8. The van der Waals surface area contributed by atoms with Crippen molar-refractivity contribution in [2.24, 2.45) is 0 Å². The number of hydrogen-bond donors (Lipinski definition) is 0. The van der Waals surface area contributed by atoms with Crippen LogP contribution in [0.2, 0.25) is 0 Å². The fraction of sp³-hybridized carbons (Fsp3) is 0.200. The quantitative estimate of drug-likeness (QED) is 0.715. The van der Waals surface area contributed by atoms with E-state index in [1.54, 1.807) is 28.9 Å². The Morgan fingerprint density at radius 1 is 1.14 bits per heavy atom. The Kier molecular flexibility index (Phi) is 3.16. The molecule has 21 heavy (non-hydrogen) atoms. The van der Waals surface area contributed by atoms with Gasteiger partial charge in [0.2, 0.25) is 0 Å². The number of rotatable bonds is 2. The molecule has 0 amide bonds. The van der Waals surface area contributed by atoms with Crippen molar-refractivity contribution < 1.29 is 13.2 Å². The van der Waals surface area contributed by atoms with Crippen molar-refractivity contribution in [3.8, 4) is 11.3 Å². The molecular weight excluding hydrogens is 279 g/mol. The zero-order valence-corrected chi connectivity index (χ0v) is 11.2. The first-order valence-electron chi connectivity index (χ1n) is 6.50. The second-order valence-electron chi connectivity index (χ2n) is 4.69. The Morgan fingerprint density at radius 3 is 2.67 bits per heavy atom. The van der Waals surface area contributed by atoms with Crippen molar-refractivity contribution in [1.29, 1.82) is 0 Å². The van der Waals surface area contributed by atoms with Crippen molar-refractivity contribution in [1.82, 2.24) is 14.6 Å². The third kappa shape index (κ3) is 2.61. The molecule has 0 fully saturated rings. The van der Waals surface area contributed by atoms with Crippen molar-refractivity contribution >= 4 is 5.65 Å². The zero-order chi connectivity index (χ0) is 15.0. The first kappa shape index (κ1) is 13.6. The molecule has 0 saturated heterocycles. The first-order valence-corrected chi connectivity index (χ1v) is 6.50. The van der Waals surface area contributed by atoms with Gasteiger partial charge in [0.15, 0.2) is 5.65 Å². The van der Waals surface area contributed by atoms with Crippen molar-refractivity contribution in [3.63, 3.8) is 0 Å². The summed E-state index contributed by atoms with van der Waals surface area (Å²) in [6.07, 6.45) is -1.79. The molecule has 0 bridgehead atoms. The molecule has 3 nitrogen and oxygen atoms in total. The molecule has 0 radical (unpaired) electrons. The topological polar surface area (TPSA) is 30.2 Å². The van der Waals surface area contributed by atoms with Gasteiger partial charge in [-0.05, 0) is 30.7 Å². The minimum atomic E-state index is -4.36. The van der Waals surface area contributed by atoms with E-state index < -0.39 is 11.7 Å². The van der Waals surface area contributed by atoms with Crippen molar-refractivity contribution in [2.75, 3.05) is 0 Å².